The predicted molar refractivity (Wildman–Crippen MR) is 87.6 cm³/mol. The van der Waals surface area contributed by atoms with Crippen LogP contribution in [-0.2, 0) is 4.79 Å². The number of amides is 1. The smallest absolute Gasteiger partial charge is 0.326 e. The van der Waals surface area contributed by atoms with Crippen LogP contribution in [-0.4, -0.2) is 48.7 Å². The van der Waals surface area contributed by atoms with Crippen molar-refractivity contribution in [1.82, 2.24) is 4.90 Å². The minimum absolute atomic E-state index is 0.0758. The molecule has 1 aliphatic heterocycles. The summed E-state index contributed by atoms with van der Waals surface area (Å²) in [7, 11) is 3.06. The van der Waals surface area contributed by atoms with Gasteiger partial charge in [0, 0.05) is 12.1 Å². The van der Waals surface area contributed by atoms with E-state index in [0.717, 1.165) is 24.8 Å². The topological polar surface area (TPSA) is 76.1 Å². The second-order valence-corrected chi connectivity index (χ2v) is 6.62. The molecular weight excluding hydrogens is 310 g/mol. The number of hydrogen-bond donors (Lipinski definition) is 1. The number of ether oxygens (including phenoxy) is 2. The molecule has 24 heavy (non-hydrogen) atoms. The number of nitrogens with zero attached hydrogens (tertiary/aromatic N) is 1. The maximum absolute atomic E-state index is 13.0. The average molecular weight is 333 g/mol. The average Bonchev–Trinajstić information content (AvgIpc) is 3.13. The summed E-state index contributed by atoms with van der Waals surface area (Å²) in [6.45, 7) is 2.34. The van der Waals surface area contributed by atoms with Gasteiger partial charge in [-0.1, -0.05) is 6.42 Å². The third-order valence-electron chi connectivity index (χ3n) is 5.37. The molecule has 2 fully saturated rings. The molecule has 1 aliphatic carbocycles. The van der Waals surface area contributed by atoms with E-state index in [1.165, 1.54) is 12.0 Å². The lowest BCUT2D eigenvalue weighted by atomic mass is 9.94. The van der Waals surface area contributed by atoms with Gasteiger partial charge in [0.1, 0.15) is 6.04 Å². The Kier molecular flexibility index (Phi) is 4.39. The number of fused-ring (bicyclic) bond motifs is 1. The molecule has 3 rings (SSSR count). The number of hydrogen-bond acceptors (Lipinski definition) is 4. The fourth-order valence-electron chi connectivity index (χ4n) is 4.20. The number of rotatable bonds is 4. The molecule has 0 aromatic heterocycles. The zero-order chi connectivity index (χ0) is 17.4. The Balaban J connectivity index is 1.95. The third kappa shape index (κ3) is 2.60. The van der Waals surface area contributed by atoms with Crippen molar-refractivity contribution >= 4 is 11.9 Å². The van der Waals surface area contributed by atoms with E-state index < -0.39 is 12.0 Å². The van der Waals surface area contributed by atoms with Crippen LogP contribution in [0.4, 0.5) is 0 Å². The Morgan fingerprint density at radius 1 is 1.17 bits per heavy atom. The number of carbonyl (C=O) groups excluding carboxylic acids is 1. The fraction of sp³-hybridized carbons (Fsp3) is 0.556. The number of benzene rings is 1. The number of methoxy groups -OCH3 is 2. The maximum Gasteiger partial charge on any atom is 0.326 e. The van der Waals surface area contributed by atoms with Crippen LogP contribution in [0.5, 0.6) is 11.5 Å². The molecule has 6 heteroatoms. The van der Waals surface area contributed by atoms with Crippen LogP contribution >= 0.6 is 0 Å². The minimum Gasteiger partial charge on any atom is -0.493 e. The number of carbonyl (C=O) groups is 2. The Morgan fingerprint density at radius 3 is 2.46 bits per heavy atom. The van der Waals surface area contributed by atoms with Crippen LogP contribution in [0.2, 0.25) is 0 Å². The Hall–Kier alpha value is -2.24. The number of likely N-dealkylation sites (tertiary alicyclic amines) is 1. The first-order valence-electron chi connectivity index (χ1n) is 8.24. The van der Waals surface area contributed by atoms with Crippen molar-refractivity contribution in [3.8, 4) is 11.5 Å². The molecule has 0 bridgehead atoms. The van der Waals surface area contributed by atoms with Gasteiger partial charge in [-0.25, -0.2) is 4.79 Å². The molecule has 3 atom stereocenters. The molecule has 1 heterocycles. The first-order chi connectivity index (χ1) is 11.5. The van der Waals surface area contributed by atoms with Gasteiger partial charge in [-0.05, 0) is 49.3 Å². The van der Waals surface area contributed by atoms with Gasteiger partial charge in [-0.15, -0.1) is 0 Å². The lowest BCUT2D eigenvalue weighted by Gasteiger charge is -2.25. The largest absolute Gasteiger partial charge is 0.493 e. The summed E-state index contributed by atoms with van der Waals surface area (Å²) in [6, 6.07) is 2.67. The van der Waals surface area contributed by atoms with Crippen molar-refractivity contribution in [2.75, 3.05) is 20.8 Å². The van der Waals surface area contributed by atoms with E-state index >= 15 is 0 Å². The molecular formula is C18H23NO5. The fourth-order valence-corrected chi connectivity index (χ4v) is 4.20. The predicted octanol–water partition coefficient (Wildman–Crippen LogP) is 2.34. The van der Waals surface area contributed by atoms with Crippen LogP contribution in [0.15, 0.2) is 12.1 Å². The van der Waals surface area contributed by atoms with Crippen molar-refractivity contribution in [1.29, 1.82) is 0 Å². The molecule has 1 N–H and O–H groups in total. The summed E-state index contributed by atoms with van der Waals surface area (Å²) >= 11 is 0. The second-order valence-electron chi connectivity index (χ2n) is 6.62. The zero-order valence-corrected chi connectivity index (χ0v) is 14.2. The monoisotopic (exact) mass is 333 g/mol. The lowest BCUT2D eigenvalue weighted by molar-refractivity contribution is -0.142. The summed E-state index contributed by atoms with van der Waals surface area (Å²) in [5, 5.41) is 9.64. The molecule has 0 spiro atoms. The summed E-state index contributed by atoms with van der Waals surface area (Å²) < 4.78 is 10.5. The van der Waals surface area contributed by atoms with Gasteiger partial charge in [-0.3, -0.25) is 4.79 Å². The van der Waals surface area contributed by atoms with Crippen LogP contribution in [0.3, 0.4) is 0 Å². The van der Waals surface area contributed by atoms with Gasteiger partial charge in [0.05, 0.1) is 14.2 Å². The number of aliphatic carboxylic acids is 1. The lowest BCUT2D eigenvalue weighted by Crippen LogP contribution is -2.43. The van der Waals surface area contributed by atoms with Crippen LogP contribution in [0.1, 0.15) is 35.2 Å². The summed E-state index contributed by atoms with van der Waals surface area (Å²) in [6.07, 6.45) is 2.94. The molecule has 2 aliphatic rings. The van der Waals surface area contributed by atoms with Gasteiger partial charge >= 0.3 is 5.97 Å². The molecule has 1 aromatic carbocycles. The quantitative estimate of drug-likeness (QED) is 0.915. The van der Waals surface area contributed by atoms with Gasteiger partial charge in [0.2, 0.25) is 0 Å². The maximum atomic E-state index is 13.0. The highest BCUT2D eigenvalue weighted by atomic mass is 16.5. The summed E-state index contributed by atoms with van der Waals surface area (Å²) in [5.74, 6) is 0.255. The molecule has 0 unspecified atom stereocenters. The van der Waals surface area contributed by atoms with Gasteiger partial charge in [-0.2, -0.15) is 0 Å². The van der Waals surface area contributed by atoms with E-state index in [2.05, 4.69) is 0 Å². The molecule has 0 radical (unpaired) electrons. The summed E-state index contributed by atoms with van der Waals surface area (Å²) in [5.41, 5.74) is 1.22. The highest BCUT2D eigenvalue weighted by Crippen LogP contribution is 2.43. The second kappa shape index (κ2) is 6.34. The van der Waals surface area contributed by atoms with Crippen molar-refractivity contribution in [3.05, 3.63) is 23.3 Å². The van der Waals surface area contributed by atoms with Crippen molar-refractivity contribution in [2.24, 2.45) is 11.8 Å². The van der Waals surface area contributed by atoms with Crippen molar-refractivity contribution < 1.29 is 24.2 Å². The van der Waals surface area contributed by atoms with Gasteiger partial charge in [0.15, 0.2) is 11.5 Å². The Bertz CT molecular complexity index is 672. The van der Waals surface area contributed by atoms with Crippen LogP contribution < -0.4 is 9.47 Å². The van der Waals surface area contributed by atoms with E-state index in [1.807, 2.05) is 6.92 Å². The van der Waals surface area contributed by atoms with Crippen molar-refractivity contribution in [3.63, 3.8) is 0 Å². The number of aryl methyl sites for hydroxylation is 1. The molecule has 1 saturated carbocycles. The van der Waals surface area contributed by atoms with E-state index in [0.29, 0.717) is 29.5 Å². The molecule has 1 aromatic rings. The SMILES string of the molecule is COc1cc(C)c(C(=O)N2C[C@@H]3CCC[C@H]3[C@@H]2C(=O)O)cc1OC. The first kappa shape index (κ1) is 16.6. The highest BCUT2D eigenvalue weighted by Gasteiger charge is 2.49. The third-order valence-corrected chi connectivity index (χ3v) is 5.37. The van der Waals surface area contributed by atoms with Gasteiger partial charge in [0.25, 0.3) is 5.91 Å². The minimum atomic E-state index is -0.907. The van der Waals surface area contributed by atoms with E-state index in [-0.39, 0.29) is 11.8 Å². The number of carboxylic acid groups (broad SMARTS) is 1. The van der Waals surface area contributed by atoms with Crippen LogP contribution in [0, 0.1) is 18.8 Å². The normalized spacial score (nSPS) is 25.5. The van der Waals surface area contributed by atoms with Crippen molar-refractivity contribution in [2.45, 2.75) is 32.2 Å². The first-order valence-corrected chi connectivity index (χ1v) is 8.24. The van der Waals surface area contributed by atoms with Crippen LogP contribution in [0.25, 0.3) is 0 Å². The molecule has 6 nitrogen and oxygen atoms in total. The number of carboxylic acids is 1. The highest BCUT2D eigenvalue weighted by molar-refractivity contribution is 5.99. The molecule has 1 amide bonds. The standard InChI is InChI=1S/C18H23NO5/c1-10-7-14(23-2)15(24-3)8-13(10)17(20)19-9-11-5-4-6-12(11)16(19)18(21)22/h7-8,11-12,16H,4-6,9H2,1-3H3,(H,21,22)/t11-,12+,16+/m0/s1. The van der Waals surface area contributed by atoms with E-state index in [9.17, 15) is 14.7 Å². The Morgan fingerprint density at radius 2 is 1.83 bits per heavy atom. The molecule has 130 valence electrons. The Labute approximate surface area is 141 Å². The van der Waals surface area contributed by atoms with E-state index in [1.54, 1.807) is 19.2 Å². The molecule has 1 saturated heterocycles. The van der Waals surface area contributed by atoms with Gasteiger partial charge < -0.3 is 19.5 Å². The summed E-state index contributed by atoms with van der Waals surface area (Å²) in [4.78, 5) is 26.3. The van der Waals surface area contributed by atoms with E-state index in [4.69, 9.17) is 9.47 Å². The zero-order valence-electron chi connectivity index (χ0n) is 14.2.